The van der Waals surface area contributed by atoms with Gasteiger partial charge in [0, 0.05) is 24.4 Å². The van der Waals surface area contributed by atoms with Gasteiger partial charge in [-0.3, -0.25) is 9.59 Å². The molecule has 0 aliphatic rings. The number of nitrogens with zero attached hydrogens (tertiary/aromatic N) is 1. The zero-order chi connectivity index (χ0) is 23.5. The van der Waals surface area contributed by atoms with E-state index in [9.17, 15) is 9.59 Å². The number of carbonyl (C=O) groups is 2. The molecule has 0 heterocycles. The summed E-state index contributed by atoms with van der Waals surface area (Å²) in [6.45, 7) is 5.06. The third-order valence-electron chi connectivity index (χ3n) is 5.53. The fourth-order valence-electron chi connectivity index (χ4n) is 3.64. The first-order valence-electron chi connectivity index (χ1n) is 11.4. The molecule has 172 valence electrons. The second kappa shape index (κ2) is 12.9. The lowest BCUT2D eigenvalue weighted by Crippen LogP contribution is -2.51. The molecule has 1 N–H and O–H groups in total. The fraction of sp³-hybridized carbons (Fsp3) is 0.286. The Bertz CT molecular complexity index is 1020. The molecular weight excluding hydrogens is 428 g/mol. The Balaban J connectivity index is 1.89. The van der Waals surface area contributed by atoms with Crippen molar-refractivity contribution in [1.29, 1.82) is 0 Å². The molecule has 33 heavy (non-hydrogen) atoms. The van der Waals surface area contributed by atoms with Crippen molar-refractivity contribution >= 4 is 23.6 Å². The quantitative estimate of drug-likeness (QED) is 0.398. The van der Waals surface area contributed by atoms with Gasteiger partial charge in [0.25, 0.3) is 0 Å². The van der Waals surface area contributed by atoms with Crippen molar-refractivity contribution in [2.24, 2.45) is 0 Å². The second-order valence-electron chi connectivity index (χ2n) is 8.05. The maximum atomic E-state index is 13.6. The summed E-state index contributed by atoms with van der Waals surface area (Å²) in [5.41, 5.74) is 3.20. The molecule has 0 saturated heterocycles. The Morgan fingerprint density at radius 1 is 0.909 bits per heavy atom. The number of rotatable bonds is 11. The smallest absolute Gasteiger partial charge is 0.243 e. The lowest BCUT2D eigenvalue weighted by atomic mass is 10.0. The summed E-state index contributed by atoms with van der Waals surface area (Å²) in [5, 5.41) is 3.02. The van der Waals surface area contributed by atoms with E-state index in [1.54, 1.807) is 4.90 Å². The first kappa shape index (κ1) is 24.6. The lowest BCUT2D eigenvalue weighted by Gasteiger charge is -2.32. The Kier molecular flexibility index (Phi) is 9.58. The Morgan fingerprint density at radius 3 is 2.21 bits per heavy atom. The van der Waals surface area contributed by atoms with E-state index in [0.717, 1.165) is 28.0 Å². The average Bonchev–Trinajstić information content (AvgIpc) is 2.85. The zero-order valence-corrected chi connectivity index (χ0v) is 20.2. The second-order valence-corrected chi connectivity index (χ2v) is 9.10. The van der Waals surface area contributed by atoms with Crippen LogP contribution in [0.2, 0.25) is 0 Å². The zero-order valence-electron chi connectivity index (χ0n) is 19.4. The summed E-state index contributed by atoms with van der Waals surface area (Å²) in [5.74, 6) is 0.134. The maximum absolute atomic E-state index is 13.6. The van der Waals surface area contributed by atoms with Crippen LogP contribution >= 0.6 is 11.8 Å². The van der Waals surface area contributed by atoms with E-state index < -0.39 is 6.04 Å². The monoisotopic (exact) mass is 460 g/mol. The van der Waals surface area contributed by atoms with Crippen molar-refractivity contribution in [3.63, 3.8) is 0 Å². The van der Waals surface area contributed by atoms with Crippen molar-refractivity contribution in [2.45, 2.75) is 44.2 Å². The molecule has 0 aliphatic carbocycles. The van der Waals surface area contributed by atoms with Crippen LogP contribution in [0.5, 0.6) is 0 Å². The number of hydrogen-bond acceptors (Lipinski definition) is 3. The van der Waals surface area contributed by atoms with E-state index in [1.807, 2.05) is 98.8 Å². The van der Waals surface area contributed by atoms with Crippen LogP contribution in [0.15, 0.2) is 89.8 Å². The van der Waals surface area contributed by atoms with Gasteiger partial charge in [0.1, 0.15) is 6.04 Å². The molecule has 0 fully saturated rings. The molecule has 0 saturated carbocycles. The van der Waals surface area contributed by atoms with Gasteiger partial charge < -0.3 is 10.2 Å². The van der Waals surface area contributed by atoms with Crippen molar-refractivity contribution < 1.29 is 9.59 Å². The van der Waals surface area contributed by atoms with Crippen molar-refractivity contribution in [3.8, 4) is 0 Å². The molecule has 2 amide bonds. The lowest BCUT2D eigenvalue weighted by molar-refractivity contribution is -0.139. The normalized spacial score (nSPS) is 11.6. The van der Waals surface area contributed by atoms with Gasteiger partial charge in [0.05, 0.1) is 5.75 Å². The van der Waals surface area contributed by atoms with Crippen LogP contribution in [0.4, 0.5) is 0 Å². The van der Waals surface area contributed by atoms with Gasteiger partial charge in [0.2, 0.25) is 11.8 Å². The van der Waals surface area contributed by atoms with E-state index in [2.05, 4.69) is 5.32 Å². The van der Waals surface area contributed by atoms with Crippen molar-refractivity contribution in [3.05, 3.63) is 102 Å². The fourth-order valence-corrected chi connectivity index (χ4v) is 4.44. The molecule has 4 nitrogen and oxygen atoms in total. The van der Waals surface area contributed by atoms with Crippen LogP contribution < -0.4 is 5.32 Å². The average molecular weight is 461 g/mol. The van der Waals surface area contributed by atoms with Crippen molar-refractivity contribution in [2.75, 3.05) is 12.3 Å². The van der Waals surface area contributed by atoms with Crippen LogP contribution in [-0.2, 0) is 22.6 Å². The van der Waals surface area contributed by atoms with Crippen LogP contribution in [-0.4, -0.2) is 35.1 Å². The number of benzene rings is 3. The first-order valence-corrected chi connectivity index (χ1v) is 12.4. The molecule has 0 spiro atoms. The highest BCUT2D eigenvalue weighted by molar-refractivity contribution is 8.00. The third kappa shape index (κ3) is 7.50. The minimum Gasteiger partial charge on any atom is -0.354 e. The number of hydrogen-bond donors (Lipinski definition) is 1. The van der Waals surface area contributed by atoms with E-state index in [-0.39, 0.29) is 17.6 Å². The SMILES string of the molecule is CCCNC(=O)[C@@H](Cc1ccccc1)N(Cc1ccccc1C)C(=O)CSc1ccccc1. The van der Waals surface area contributed by atoms with Gasteiger partial charge in [-0.05, 0) is 42.2 Å². The first-order chi connectivity index (χ1) is 16.1. The molecule has 0 unspecified atom stereocenters. The van der Waals surface area contributed by atoms with Crippen LogP contribution in [0.3, 0.4) is 0 Å². The number of carbonyl (C=O) groups excluding carboxylic acids is 2. The summed E-state index contributed by atoms with van der Waals surface area (Å²) in [4.78, 5) is 29.7. The predicted octanol–water partition coefficient (Wildman–Crippen LogP) is 5.25. The van der Waals surface area contributed by atoms with E-state index in [0.29, 0.717) is 19.5 Å². The van der Waals surface area contributed by atoms with E-state index in [4.69, 9.17) is 0 Å². The standard InChI is InChI=1S/C28H32N2O2S/c1-3-18-29-28(32)26(19-23-13-6-4-7-14-23)30(20-24-15-11-10-12-22(24)2)27(31)21-33-25-16-8-5-9-17-25/h4-17,26H,3,18-21H2,1-2H3,(H,29,32)/t26-/m1/s1. The topological polar surface area (TPSA) is 49.4 Å². The number of aryl methyl sites for hydroxylation is 1. The Hall–Kier alpha value is -3.05. The van der Waals surface area contributed by atoms with Crippen molar-refractivity contribution in [1.82, 2.24) is 10.2 Å². The van der Waals surface area contributed by atoms with Crippen LogP contribution in [0.1, 0.15) is 30.0 Å². The summed E-state index contributed by atoms with van der Waals surface area (Å²) in [7, 11) is 0. The van der Waals surface area contributed by atoms with Gasteiger partial charge in [-0.15, -0.1) is 11.8 Å². The molecule has 3 aromatic rings. The highest BCUT2D eigenvalue weighted by Gasteiger charge is 2.30. The molecule has 1 atom stereocenters. The van der Waals surface area contributed by atoms with Crippen LogP contribution in [0.25, 0.3) is 0 Å². The molecular formula is C28H32N2O2S. The number of thioether (sulfide) groups is 1. The molecule has 0 aliphatic heterocycles. The Labute approximate surface area is 201 Å². The third-order valence-corrected chi connectivity index (χ3v) is 6.52. The van der Waals surface area contributed by atoms with Gasteiger partial charge >= 0.3 is 0 Å². The van der Waals surface area contributed by atoms with Gasteiger partial charge in [-0.1, -0.05) is 79.7 Å². The molecule has 0 radical (unpaired) electrons. The minimum absolute atomic E-state index is 0.0420. The summed E-state index contributed by atoms with van der Waals surface area (Å²) < 4.78 is 0. The van der Waals surface area contributed by atoms with E-state index in [1.165, 1.54) is 11.8 Å². The summed E-state index contributed by atoms with van der Waals surface area (Å²) in [6, 6.07) is 27.3. The van der Waals surface area contributed by atoms with Gasteiger partial charge in [0.15, 0.2) is 0 Å². The van der Waals surface area contributed by atoms with Gasteiger partial charge in [-0.2, -0.15) is 0 Å². The highest BCUT2D eigenvalue weighted by Crippen LogP contribution is 2.21. The number of amides is 2. The largest absolute Gasteiger partial charge is 0.354 e. The van der Waals surface area contributed by atoms with E-state index >= 15 is 0 Å². The highest BCUT2D eigenvalue weighted by atomic mass is 32.2. The minimum atomic E-state index is -0.581. The van der Waals surface area contributed by atoms with Crippen LogP contribution in [0, 0.1) is 6.92 Å². The molecule has 3 rings (SSSR count). The molecule has 5 heteroatoms. The summed E-state index contributed by atoms with van der Waals surface area (Å²) in [6.07, 6.45) is 1.32. The Morgan fingerprint density at radius 2 is 1.55 bits per heavy atom. The van der Waals surface area contributed by atoms with Gasteiger partial charge in [-0.25, -0.2) is 0 Å². The number of nitrogens with one attached hydrogen (secondary N) is 1. The molecule has 0 bridgehead atoms. The molecule has 3 aromatic carbocycles. The molecule has 0 aromatic heterocycles. The summed E-state index contributed by atoms with van der Waals surface area (Å²) >= 11 is 1.50. The maximum Gasteiger partial charge on any atom is 0.243 e. The predicted molar refractivity (Wildman–Crippen MR) is 136 cm³/mol.